The monoisotopic (exact) mass is 459 g/mol. The average Bonchev–Trinajstić information content (AvgIpc) is 3.10. The molecule has 0 aromatic heterocycles. The molecular formula is C28H29NO5. The van der Waals surface area contributed by atoms with Crippen LogP contribution < -0.4 is 4.74 Å². The summed E-state index contributed by atoms with van der Waals surface area (Å²) in [6, 6.07) is 19.8. The van der Waals surface area contributed by atoms with Gasteiger partial charge in [0.1, 0.15) is 11.5 Å². The number of aliphatic hydroxyl groups is 1. The molecule has 1 aliphatic rings. The second-order valence-electron chi connectivity index (χ2n) is 8.82. The van der Waals surface area contributed by atoms with Gasteiger partial charge in [-0.1, -0.05) is 62.4 Å². The summed E-state index contributed by atoms with van der Waals surface area (Å²) >= 11 is 0. The van der Waals surface area contributed by atoms with E-state index in [-0.39, 0.29) is 24.5 Å². The van der Waals surface area contributed by atoms with Crippen LogP contribution >= 0.6 is 0 Å². The van der Waals surface area contributed by atoms with E-state index in [1.54, 1.807) is 13.2 Å². The van der Waals surface area contributed by atoms with Gasteiger partial charge in [0, 0.05) is 19.2 Å². The van der Waals surface area contributed by atoms with Crippen LogP contribution in [0.3, 0.4) is 0 Å². The molecule has 34 heavy (non-hydrogen) atoms. The van der Waals surface area contributed by atoms with Gasteiger partial charge in [0.05, 0.1) is 24.8 Å². The van der Waals surface area contributed by atoms with Gasteiger partial charge in [0.25, 0.3) is 11.7 Å². The Morgan fingerprint density at radius 2 is 1.71 bits per heavy atom. The molecular weight excluding hydrogens is 430 g/mol. The minimum atomic E-state index is -0.722. The molecule has 1 heterocycles. The van der Waals surface area contributed by atoms with Crippen LogP contribution in [0.1, 0.15) is 31.0 Å². The van der Waals surface area contributed by atoms with Crippen LogP contribution in [-0.4, -0.2) is 48.6 Å². The van der Waals surface area contributed by atoms with Crippen molar-refractivity contribution >= 4 is 28.2 Å². The lowest BCUT2D eigenvalue weighted by Crippen LogP contribution is -2.32. The van der Waals surface area contributed by atoms with Gasteiger partial charge in [0.15, 0.2) is 0 Å². The molecule has 0 saturated carbocycles. The Hall–Kier alpha value is -3.64. The van der Waals surface area contributed by atoms with Crippen molar-refractivity contribution in [1.29, 1.82) is 0 Å². The Labute approximate surface area is 199 Å². The standard InChI is InChI=1S/C28H29NO5/c1-18(2)17-34-23-12-10-20(11-13-23)25-24(27(31)28(32)29(25)14-15-33-3)26(30)22-9-8-19-6-4-5-7-21(19)16-22/h4-13,16,18,25,30H,14-15,17H2,1-3H3/b26-24-. The topological polar surface area (TPSA) is 76.1 Å². The molecule has 1 amide bonds. The van der Waals surface area contributed by atoms with Gasteiger partial charge in [-0.05, 0) is 40.5 Å². The number of rotatable bonds is 8. The number of likely N-dealkylation sites (tertiary alicyclic amines) is 1. The molecule has 1 fully saturated rings. The minimum Gasteiger partial charge on any atom is -0.507 e. The van der Waals surface area contributed by atoms with E-state index in [0.717, 1.165) is 16.3 Å². The second kappa shape index (κ2) is 10.1. The van der Waals surface area contributed by atoms with Crippen molar-refractivity contribution in [2.45, 2.75) is 19.9 Å². The van der Waals surface area contributed by atoms with Crippen LogP contribution in [0.2, 0.25) is 0 Å². The number of amides is 1. The number of nitrogens with zero attached hydrogens (tertiary/aromatic N) is 1. The summed E-state index contributed by atoms with van der Waals surface area (Å²) in [5.74, 6) is -0.436. The van der Waals surface area contributed by atoms with Gasteiger partial charge < -0.3 is 19.5 Å². The van der Waals surface area contributed by atoms with Gasteiger partial charge in [-0.15, -0.1) is 0 Å². The molecule has 6 heteroatoms. The summed E-state index contributed by atoms with van der Waals surface area (Å²) in [6.07, 6.45) is 0. The van der Waals surface area contributed by atoms with E-state index in [4.69, 9.17) is 9.47 Å². The number of ether oxygens (including phenoxy) is 2. The Bertz CT molecular complexity index is 1230. The number of aliphatic hydroxyl groups excluding tert-OH is 1. The first kappa shape index (κ1) is 23.5. The molecule has 3 aromatic rings. The maximum Gasteiger partial charge on any atom is 0.295 e. The van der Waals surface area contributed by atoms with E-state index < -0.39 is 17.7 Å². The third-order valence-electron chi connectivity index (χ3n) is 5.88. The van der Waals surface area contributed by atoms with Gasteiger partial charge in [0.2, 0.25) is 0 Å². The molecule has 1 N–H and O–H groups in total. The maximum absolute atomic E-state index is 13.1. The largest absolute Gasteiger partial charge is 0.507 e. The van der Waals surface area contributed by atoms with Crippen molar-refractivity contribution in [3.05, 3.63) is 83.4 Å². The number of ketones is 1. The predicted molar refractivity (Wildman–Crippen MR) is 132 cm³/mol. The SMILES string of the molecule is COCCN1C(=O)C(=O)/C(=C(\O)c2ccc3ccccc3c2)C1c1ccc(OCC(C)C)cc1. The third-order valence-corrected chi connectivity index (χ3v) is 5.88. The first-order valence-electron chi connectivity index (χ1n) is 11.4. The number of hydrogen-bond acceptors (Lipinski definition) is 5. The van der Waals surface area contributed by atoms with Crippen LogP contribution in [0.5, 0.6) is 5.75 Å². The lowest BCUT2D eigenvalue weighted by Gasteiger charge is -2.25. The molecule has 1 saturated heterocycles. The van der Waals surface area contributed by atoms with Crippen molar-refractivity contribution < 1.29 is 24.2 Å². The first-order chi connectivity index (χ1) is 16.4. The van der Waals surface area contributed by atoms with Crippen molar-refractivity contribution in [2.24, 2.45) is 5.92 Å². The normalized spacial score (nSPS) is 17.6. The zero-order valence-corrected chi connectivity index (χ0v) is 19.7. The number of Topliss-reactive ketones (excluding diaryl/α,β-unsaturated/α-hetero) is 1. The Kier molecular flexibility index (Phi) is 6.98. The van der Waals surface area contributed by atoms with E-state index in [9.17, 15) is 14.7 Å². The molecule has 3 aromatic carbocycles. The van der Waals surface area contributed by atoms with Crippen LogP contribution in [0.4, 0.5) is 0 Å². The predicted octanol–water partition coefficient (Wildman–Crippen LogP) is 4.94. The summed E-state index contributed by atoms with van der Waals surface area (Å²) < 4.78 is 10.9. The smallest absolute Gasteiger partial charge is 0.295 e. The Morgan fingerprint density at radius 3 is 2.38 bits per heavy atom. The van der Waals surface area contributed by atoms with Crippen molar-refractivity contribution in [2.75, 3.05) is 26.9 Å². The number of hydrogen-bond donors (Lipinski definition) is 1. The highest BCUT2D eigenvalue weighted by atomic mass is 16.5. The fourth-order valence-electron chi connectivity index (χ4n) is 4.15. The average molecular weight is 460 g/mol. The molecule has 4 rings (SSSR count). The third kappa shape index (κ3) is 4.68. The van der Waals surface area contributed by atoms with E-state index in [2.05, 4.69) is 13.8 Å². The minimum absolute atomic E-state index is 0.0761. The zero-order valence-electron chi connectivity index (χ0n) is 19.7. The summed E-state index contributed by atoms with van der Waals surface area (Å²) in [7, 11) is 1.54. The van der Waals surface area contributed by atoms with E-state index in [0.29, 0.717) is 23.8 Å². The van der Waals surface area contributed by atoms with Crippen LogP contribution in [-0.2, 0) is 14.3 Å². The second-order valence-corrected chi connectivity index (χ2v) is 8.82. The molecule has 0 spiro atoms. The van der Waals surface area contributed by atoms with Gasteiger partial charge in [-0.3, -0.25) is 9.59 Å². The fourth-order valence-corrected chi connectivity index (χ4v) is 4.15. The van der Waals surface area contributed by atoms with E-state index >= 15 is 0 Å². The van der Waals surface area contributed by atoms with E-state index in [1.807, 2.05) is 60.7 Å². The van der Waals surface area contributed by atoms with Gasteiger partial charge in [-0.25, -0.2) is 0 Å². The fraction of sp³-hybridized carbons (Fsp3) is 0.286. The van der Waals surface area contributed by atoms with Gasteiger partial charge in [-0.2, -0.15) is 0 Å². The van der Waals surface area contributed by atoms with Crippen LogP contribution in [0.15, 0.2) is 72.3 Å². The molecule has 1 atom stereocenters. The van der Waals surface area contributed by atoms with Crippen molar-refractivity contribution in [3.8, 4) is 5.75 Å². The van der Waals surface area contributed by atoms with Crippen LogP contribution in [0, 0.1) is 5.92 Å². The number of carbonyl (C=O) groups is 2. The van der Waals surface area contributed by atoms with Crippen molar-refractivity contribution in [3.63, 3.8) is 0 Å². The Balaban J connectivity index is 1.78. The summed E-state index contributed by atoms with van der Waals surface area (Å²) in [5.41, 5.74) is 1.28. The molecule has 0 aliphatic carbocycles. The molecule has 1 unspecified atom stereocenters. The number of fused-ring (bicyclic) bond motifs is 1. The Morgan fingerprint density at radius 1 is 1.00 bits per heavy atom. The number of methoxy groups -OCH3 is 1. The molecule has 6 nitrogen and oxygen atoms in total. The lowest BCUT2D eigenvalue weighted by molar-refractivity contribution is -0.140. The zero-order chi connectivity index (χ0) is 24.2. The number of carbonyl (C=O) groups excluding carboxylic acids is 2. The lowest BCUT2D eigenvalue weighted by atomic mass is 9.94. The molecule has 0 bridgehead atoms. The highest BCUT2D eigenvalue weighted by Crippen LogP contribution is 2.40. The molecule has 1 aliphatic heterocycles. The highest BCUT2D eigenvalue weighted by Gasteiger charge is 2.45. The first-order valence-corrected chi connectivity index (χ1v) is 11.4. The van der Waals surface area contributed by atoms with E-state index in [1.165, 1.54) is 4.90 Å². The summed E-state index contributed by atoms with van der Waals surface area (Å²) in [5, 5.41) is 13.2. The van der Waals surface area contributed by atoms with Crippen LogP contribution in [0.25, 0.3) is 16.5 Å². The van der Waals surface area contributed by atoms with Crippen molar-refractivity contribution in [1.82, 2.24) is 4.90 Å². The number of benzene rings is 3. The van der Waals surface area contributed by atoms with Gasteiger partial charge >= 0.3 is 0 Å². The molecule has 0 radical (unpaired) electrons. The summed E-state index contributed by atoms with van der Waals surface area (Å²) in [6.45, 7) is 5.24. The summed E-state index contributed by atoms with van der Waals surface area (Å²) in [4.78, 5) is 27.5. The quantitative estimate of drug-likeness (QED) is 0.293. The molecule has 176 valence electrons. The highest BCUT2D eigenvalue weighted by molar-refractivity contribution is 6.46. The maximum atomic E-state index is 13.1.